The maximum absolute atomic E-state index is 11.7. The first-order chi connectivity index (χ1) is 9.20. The van der Waals surface area contributed by atoms with Crippen LogP contribution in [0.1, 0.15) is 22.3 Å². The molecule has 1 aliphatic rings. The Morgan fingerprint density at radius 3 is 3.00 bits per heavy atom. The summed E-state index contributed by atoms with van der Waals surface area (Å²) in [5.41, 5.74) is 1.46. The van der Waals surface area contributed by atoms with Gasteiger partial charge in [-0.3, -0.25) is 9.69 Å². The molecule has 1 fully saturated rings. The smallest absolute Gasteiger partial charge is 0.338 e. The second-order valence-electron chi connectivity index (χ2n) is 4.56. The van der Waals surface area contributed by atoms with Crippen molar-refractivity contribution in [3.05, 3.63) is 35.4 Å². The van der Waals surface area contributed by atoms with Gasteiger partial charge in [0, 0.05) is 19.6 Å². The molecule has 1 heterocycles. The van der Waals surface area contributed by atoms with Crippen LogP contribution in [0.5, 0.6) is 0 Å². The number of carbonyl (C=O) groups is 2. The summed E-state index contributed by atoms with van der Waals surface area (Å²) in [6.45, 7) is 2.51. The molecule has 5 heteroatoms. The molecule has 2 rings (SSSR count). The standard InChI is InChI=1S/C14H18N2O3/c1-19-14(18)12-6-3-2-5-11(12)9-16-8-4-7-15-13(17)10-16/h2-3,5-6H,4,7-10H2,1H3,(H,15,17). The summed E-state index contributed by atoms with van der Waals surface area (Å²) in [5, 5.41) is 2.84. The highest BCUT2D eigenvalue weighted by atomic mass is 16.5. The molecule has 1 saturated heterocycles. The van der Waals surface area contributed by atoms with E-state index in [9.17, 15) is 9.59 Å². The minimum absolute atomic E-state index is 0.0352. The highest BCUT2D eigenvalue weighted by Gasteiger charge is 2.18. The summed E-state index contributed by atoms with van der Waals surface area (Å²) < 4.78 is 4.78. The predicted octanol–water partition coefficient (Wildman–Crippen LogP) is 0.795. The number of carbonyl (C=O) groups excluding carboxylic acids is 2. The van der Waals surface area contributed by atoms with E-state index in [2.05, 4.69) is 5.32 Å². The van der Waals surface area contributed by atoms with Gasteiger partial charge in [-0.1, -0.05) is 18.2 Å². The van der Waals surface area contributed by atoms with Crippen molar-refractivity contribution in [1.82, 2.24) is 10.2 Å². The summed E-state index contributed by atoms with van der Waals surface area (Å²) in [5.74, 6) is -0.303. The second kappa shape index (κ2) is 6.33. The van der Waals surface area contributed by atoms with E-state index in [1.807, 2.05) is 23.1 Å². The third-order valence-electron chi connectivity index (χ3n) is 3.16. The lowest BCUT2D eigenvalue weighted by atomic mass is 10.1. The van der Waals surface area contributed by atoms with Crippen LogP contribution >= 0.6 is 0 Å². The monoisotopic (exact) mass is 262 g/mol. The van der Waals surface area contributed by atoms with Gasteiger partial charge in [0.2, 0.25) is 5.91 Å². The zero-order valence-electron chi connectivity index (χ0n) is 11.0. The second-order valence-corrected chi connectivity index (χ2v) is 4.56. The number of nitrogens with zero attached hydrogens (tertiary/aromatic N) is 1. The number of benzene rings is 1. The van der Waals surface area contributed by atoms with Crippen LogP contribution in [0, 0.1) is 0 Å². The van der Waals surface area contributed by atoms with Crippen LogP contribution in [0.3, 0.4) is 0 Å². The Morgan fingerprint density at radius 2 is 2.21 bits per heavy atom. The van der Waals surface area contributed by atoms with Crippen LogP contribution in [0.25, 0.3) is 0 Å². The van der Waals surface area contributed by atoms with Crippen molar-refractivity contribution < 1.29 is 14.3 Å². The molecule has 0 radical (unpaired) electrons. The van der Waals surface area contributed by atoms with Gasteiger partial charge in [-0.2, -0.15) is 0 Å². The summed E-state index contributed by atoms with van der Waals surface area (Å²) in [4.78, 5) is 25.2. The fourth-order valence-electron chi connectivity index (χ4n) is 2.21. The zero-order chi connectivity index (χ0) is 13.7. The molecule has 1 amide bonds. The van der Waals surface area contributed by atoms with Crippen molar-refractivity contribution in [2.45, 2.75) is 13.0 Å². The Bertz CT molecular complexity index is 474. The van der Waals surface area contributed by atoms with Gasteiger partial charge in [0.05, 0.1) is 19.2 Å². The Labute approximate surface area is 112 Å². The first-order valence-electron chi connectivity index (χ1n) is 6.36. The molecular formula is C14H18N2O3. The van der Waals surface area contributed by atoms with Crippen molar-refractivity contribution in [1.29, 1.82) is 0 Å². The van der Waals surface area contributed by atoms with E-state index in [4.69, 9.17) is 4.74 Å². The van der Waals surface area contributed by atoms with E-state index in [0.717, 1.165) is 18.5 Å². The van der Waals surface area contributed by atoms with Gasteiger partial charge >= 0.3 is 5.97 Å². The van der Waals surface area contributed by atoms with Gasteiger partial charge in [0.1, 0.15) is 0 Å². The molecule has 1 aliphatic heterocycles. The van der Waals surface area contributed by atoms with Gasteiger partial charge < -0.3 is 10.1 Å². The molecule has 0 aliphatic carbocycles. The lowest BCUT2D eigenvalue weighted by Gasteiger charge is -2.19. The zero-order valence-corrected chi connectivity index (χ0v) is 11.0. The molecule has 1 N–H and O–H groups in total. The molecule has 102 valence electrons. The van der Waals surface area contributed by atoms with Gasteiger partial charge in [-0.25, -0.2) is 4.79 Å². The summed E-state index contributed by atoms with van der Waals surface area (Å²) >= 11 is 0. The molecular weight excluding hydrogens is 244 g/mol. The molecule has 0 aromatic heterocycles. The fourth-order valence-corrected chi connectivity index (χ4v) is 2.21. The van der Waals surface area contributed by atoms with Crippen molar-refractivity contribution in [2.75, 3.05) is 26.7 Å². The van der Waals surface area contributed by atoms with Crippen LogP contribution < -0.4 is 5.32 Å². The average Bonchev–Trinajstić information content (AvgIpc) is 2.63. The topological polar surface area (TPSA) is 58.6 Å². The van der Waals surface area contributed by atoms with Crippen molar-refractivity contribution in [3.63, 3.8) is 0 Å². The first kappa shape index (κ1) is 13.5. The lowest BCUT2D eigenvalue weighted by Crippen LogP contribution is -2.33. The minimum atomic E-state index is -0.338. The third-order valence-corrected chi connectivity index (χ3v) is 3.16. The number of ether oxygens (including phenoxy) is 1. The largest absolute Gasteiger partial charge is 0.465 e. The molecule has 0 unspecified atom stereocenters. The molecule has 0 bridgehead atoms. The van der Waals surface area contributed by atoms with Crippen molar-refractivity contribution >= 4 is 11.9 Å². The molecule has 1 aromatic rings. The summed E-state index contributed by atoms with van der Waals surface area (Å²) in [6.07, 6.45) is 0.923. The van der Waals surface area contributed by atoms with E-state index in [0.29, 0.717) is 25.2 Å². The van der Waals surface area contributed by atoms with Gasteiger partial charge in [0.15, 0.2) is 0 Å². The summed E-state index contributed by atoms with van der Waals surface area (Å²) in [6, 6.07) is 7.35. The first-order valence-corrected chi connectivity index (χ1v) is 6.36. The van der Waals surface area contributed by atoms with E-state index in [1.165, 1.54) is 7.11 Å². The number of hydrogen-bond donors (Lipinski definition) is 1. The van der Waals surface area contributed by atoms with E-state index < -0.39 is 0 Å². The Kier molecular flexibility index (Phi) is 4.52. The van der Waals surface area contributed by atoms with E-state index in [-0.39, 0.29) is 11.9 Å². The minimum Gasteiger partial charge on any atom is -0.465 e. The number of amides is 1. The summed E-state index contributed by atoms with van der Waals surface area (Å²) in [7, 11) is 1.37. The normalized spacial score (nSPS) is 16.6. The van der Waals surface area contributed by atoms with Crippen LogP contribution in [-0.4, -0.2) is 43.5 Å². The van der Waals surface area contributed by atoms with Crippen molar-refractivity contribution in [2.24, 2.45) is 0 Å². The third kappa shape index (κ3) is 3.54. The average molecular weight is 262 g/mol. The van der Waals surface area contributed by atoms with E-state index in [1.54, 1.807) is 6.07 Å². The number of rotatable bonds is 3. The van der Waals surface area contributed by atoms with Gasteiger partial charge in [-0.05, 0) is 18.1 Å². The quantitative estimate of drug-likeness (QED) is 0.818. The maximum atomic E-state index is 11.7. The van der Waals surface area contributed by atoms with Crippen LogP contribution in [0.15, 0.2) is 24.3 Å². The van der Waals surface area contributed by atoms with Crippen LogP contribution in [-0.2, 0) is 16.1 Å². The van der Waals surface area contributed by atoms with E-state index >= 15 is 0 Å². The molecule has 19 heavy (non-hydrogen) atoms. The van der Waals surface area contributed by atoms with Crippen LogP contribution in [0.4, 0.5) is 0 Å². The molecule has 0 spiro atoms. The fraction of sp³-hybridized carbons (Fsp3) is 0.429. The molecule has 0 atom stereocenters. The van der Waals surface area contributed by atoms with Gasteiger partial charge in [0.25, 0.3) is 0 Å². The Balaban J connectivity index is 2.13. The Morgan fingerprint density at radius 1 is 1.42 bits per heavy atom. The van der Waals surface area contributed by atoms with Crippen LogP contribution in [0.2, 0.25) is 0 Å². The molecule has 1 aromatic carbocycles. The number of methoxy groups -OCH3 is 1. The van der Waals surface area contributed by atoms with Crippen molar-refractivity contribution in [3.8, 4) is 0 Å². The number of nitrogens with one attached hydrogen (secondary N) is 1. The maximum Gasteiger partial charge on any atom is 0.338 e. The number of esters is 1. The highest BCUT2D eigenvalue weighted by Crippen LogP contribution is 2.13. The molecule has 5 nitrogen and oxygen atoms in total. The number of hydrogen-bond acceptors (Lipinski definition) is 4. The SMILES string of the molecule is COC(=O)c1ccccc1CN1CCCNC(=O)C1. The highest BCUT2D eigenvalue weighted by molar-refractivity contribution is 5.91. The van der Waals surface area contributed by atoms with Gasteiger partial charge in [-0.15, -0.1) is 0 Å². The lowest BCUT2D eigenvalue weighted by molar-refractivity contribution is -0.121. The predicted molar refractivity (Wildman–Crippen MR) is 70.7 cm³/mol. The Hall–Kier alpha value is -1.88. The molecule has 0 saturated carbocycles.